The number of esters is 1. The van der Waals surface area contributed by atoms with Crippen LogP contribution in [-0.4, -0.2) is 38.0 Å². The number of hydrogen-bond donors (Lipinski definition) is 1. The summed E-state index contributed by atoms with van der Waals surface area (Å²) in [7, 11) is 0. The van der Waals surface area contributed by atoms with Crippen molar-refractivity contribution in [3.05, 3.63) is 75.1 Å². The molecule has 10 heteroatoms. The summed E-state index contributed by atoms with van der Waals surface area (Å²) in [4.78, 5) is 39.4. The first-order chi connectivity index (χ1) is 16.2. The highest BCUT2D eigenvalue weighted by atomic mass is 16.6. The van der Waals surface area contributed by atoms with Crippen LogP contribution in [-0.2, 0) is 20.7 Å². The van der Waals surface area contributed by atoms with Crippen molar-refractivity contribution in [3.8, 4) is 0 Å². The lowest BCUT2D eigenvalue weighted by atomic mass is 10.1. The normalized spacial score (nSPS) is 11.0. The van der Waals surface area contributed by atoms with Crippen LogP contribution in [0.2, 0.25) is 0 Å². The molecule has 0 spiro atoms. The number of nitro benzene ring substituents is 1. The third kappa shape index (κ3) is 4.56. The molecule has 0 saturated carbocycles. The zero-order valence-corrected chi connectivity index (χ0v) is 19.0. The van der Waals surface area contributed by atoms with E-state index in [0.717, 1.165) is 33.5 Å². The smallest absolute Gasteiger partial charge is 0.306 e. The Kier molecular flexibility index (Phi) is 6.22. The van der Waals surface area contributed by atoms with E-state index in [1.54, 1.807) is 11.4 Å². The maximum absolute atomic E-state index is 12.3. The number of non-ortho nitro benzene ring substituents is 1. The Morgan fingerprint density at radius 3 is 2.65 bits per heavy atom. The molecule has 2 aromatic heterocycles. The average Bonchev–Trinajstić information content (AvgIpc) is 3.17. The predicted molar refractivity (Wildman–Crippen MR) is 126 cm³/mol. The fraction of sp³-hybridized carbons (Fsp3) is 0.250. The molecule has 0 bridgehead atoms. The van der Waals surface area contributed by atoms with Crippen molar-refractivity contribution in [2.75, 3.05) is 11.9 Å². The first-order valence-electron chi connectivity index (χ1n) is 10.7. The number of benzene rings is 2. The lowest BCUT2D eigenvalue weighted by Gasteiger charge is -2.11. The number of carbonyl (C=O) groups is 2. The minimum atomic E-state index is -0.524. The molecular formula is C24H23N5O5. The molecule has 0 atom stereocenters. The molecule has 0 aliphatic carbocycles. The summed E-state index contributed by atoms with van der Waals surface area (Å²) in [5.41, 5.74) is 5.13. The molecule has 174 valence electrons. The minimum Gasteiger partial charge on any atom is -0.456 e. The van der Waals surface area contributed by atoms with Gasteiger partial charge in [0.05, 0.1) is 10.4 Å². The van der Waals surface area contributed by atoms with Crippen molar-refractivity contribution in [1.82, 2.24) is 14.6 Å². The summed E-state index contributed by atoms with van der Waals surface area (Å²) in [5.74, 6) is -1.04. The summed E-state index contributed by atoms with van der Waals surface area (Å²) in [6.07, 6.45) is 0.484. The number of hydrogen-bond acceptors (Lipinski definition) is 7. The van der Waals surface area contributed by atoms with Gasteiger partial charge in [-0.1, -0.05) is 12.1 Å². The molecule has 2 heterocycles. The summed E-state index contributed by atoms with van der Waals surface area (Å²) in [5, 5.41) is 19.0. The molecule has 34 heavy (non-hydrogen) atoms. The molecule has 0 saturated heterocycles. The van der Waals surface area contributed by atoms with Gasteiger partial charge >= 0.3 is 5.97 Å². The number of aryl methyl sites for hydroxylation is 3. The van der Waals surface area contributed by atoms with Gasteiger partial charge in [-0.25, -0.2) is 9.50 Å². The largest absolute Gasteiger partial charge is 0.456 e. The van der Waals surface area contributed by atoms with Crippen LogP contribution in [0.1, 0.15) is 28.9 Å². The zero-order chi connectivity index (χ0) is 24.4. The number of nitrogens with one attached hydrogen (secondary N) is 1. The van der Waals surface area contributed by atoms with E-state index in [0.29, 0.717) is 17.7 Å². The Hall–Kier alpha value is -4.34. The third-order valence-electron chi connectivity index (χ3n) is 5.66. The van der Waals surface area contributed by atoms with Crippen LogP contribution in [0.3, 0.4) is 0 Å². The number of anilines is 1. The van der Waals surface area contributed by atoms with Gasteiger partial charge in [0.15, 0.2) is 12.3 Å². The van der Waals surface area contributed by atoms with Crippen LogP contribution >= 0.6 is 0 Å². The number of fused-ring (bicyclic) bond motifs is 3. The maximum atomic E-state index is 12.3. The van der Waals surface area contributed by atoms with Crippen LogP contribution in [0.5, 0.6) is 0 Å². The summed E-state index contributed by atoms with van der Waals surface area (Å²) < 4.78 is 6.90. The maximum Gasteiger partial charge on any atom is 0.306 e. The topological polar surface area (TPSA) is 129 Å². The number of ether oxygens (including phenoxy) is 1. The molecule has 2 aromatic carbocycles. The molecule has 0 fully saturated rings. The Bertz CT molecular complexity index is 1440. The minimum absolute atomic E-state index is 0.0663. The molecule has 4 rings (SSSR count). The van der Waals surface area contributed by atoms with E-state index < -0.39 is 23.4 Å². The number of carbonyl (C=O) groups excluding carboxylic acids is 2. The zero-order valence-electron chi connectivity index (χ0n) is 19.0. The van der Waals surface area contributed by atoms with Crippen LogP contribution in [0.15, 0.2) is 42.5 Å². The Morgan fingerprint density at radius 1 is 1.15 bits per heavy atom. The van der Waals surface area contributed by atoms with Crippen molar-refractivity contribution in [2.24, 2.45) is 0 Å². The molecule has 4 aromatic rings. The van der Waals surface area contributed by atoms with Gasteiger partial charge in [-0.3, -0.25) is 19.7 Å². The van der Waals surface area contributed by atoms with Gasteiger partial charge in [-0.2, -0.15) is 5.10 Å². The first kappa shape index (κ1) is 22.8. The van der Waals surface area contributed by atoms with Gasteiger partial charge in [0.2, 0.25) is 0 Å². The summed E-state index contributed by atoms with van der Waals surface area (Å²) >= 11 is 0. The predicted octanol–water partition coefficient (Wildman–Crippen LogP) is 3.83. The molecule has 0 radical (unpaired) electrons. The summed E-state index contributed by atoms with van der Waals surface area (Å²) in [6.45, 7) is 5.03. The number of nitro groups is 1. The molecule has 1 amide bonds. The standard InChI is InChI=1S/C24H23N5O5/c1-14-12-17(29(32)33)8-10-20(14)26-22(30)13-34-23(31)11-9-18-15(2)25-24-19-6-4-5-7-21(19)27-28(24)16(18)3/h4-8,10,12H,9,11,13H2,1-3H3,(H,26,30). The van der Waals surface area contributed by atoms with Gasteiger partial charge in [-0.15, -0.1) is 0 Å². The number of rotatable bonds is 7. The quantitative estimate of drug-likeness (QED) is 0.252. The van der Waals surface area contributed by atoms with Gasteiger partial charge in [0.25, 0.3) is 11.6 Å². The SMILES string of the molecule is Cc1cc([N+](=O)[O-])ccc1NC(=O)COC(=O)CCc1c(C)nc2c3ccccc3nn2c1C. The third-order valence-corrected chi connectivity index (χ3v) is 5.66. The molecule has 10 nitrogen and oxygen atoms in total. The lowest BCUT2D eigenvalue weighted by Crippen LogP contribution is -2.21. The Balaban J connectivity index is 1.36. The van der Waals surface area contributed by atoms with Gasteiger partial charge in [0, 0.05) is 41.0 Å². The number of aromatic nitrogens is 3. The van der Waals surface area contributed by atoms with Gasteiger partial charge < -0.3 is 10.1 Å². The van der Waals surface area contributed by atoms with E-state index in [1.807, 2.05) is 38.1 Å². The molecule has 0 aliphatic heterocycles. The van der Waals surface area contributed by atoms with Gasteiger partial charge in [0.1, 0.15) is 0 Å². The molecule has 0 unspecified atom stereocenters. The second-order valence-corrected chi connectivity index (χ2v) is 7.98. The Morgan fingerprint density at radius 2 is 1.91 bits per heavy atom. The monoisotopic (exact) mass is 461 g/mol. The molecular weight excluding hydrogens is 438 g/mol. The van der Waals surface area contributed by atoms with E-state index in [9.17, 15) is 19.7 Å². The second kappa shape index (κ2) is 9.26. The van der Waals surface area contributed by atoms with E-state index in [2.05, 4.69) is 10.4 Å². The Labute approximate surface area is 194 Å². The van der Waals surface area contributed by atoms with Crippen LogP contribution < -0.4 is 5.32 Å². The van der Waals surface area contributed by atoms with Crippen molar-refractivity contribution in [1.29, 1.82) is 0 Å². The van der Waals surface area contributed by atoms with Crippen LogP contribution in [0.25, 0.3) is 16.6 Å². The van der Waals surface area contributed by atoms with E-state index in [1.165, 1.54) is 18.2 Å². The fourth-order valence-electron chi connectivity index (χ4n) is 3.87. The van der Waals surface area contributed by atoms with Crippen molar-refractivity contribution in [3.63, 3.8) is 0 Å². The molecule has 0 aliphatic rings. The number of amides is 1. The van der Waals surface area contributed by atoms with Crippen LogP contribution in [0, 0.1) is 30.9 Å². The van der Waals surface area contributed by atoms with E-state index in [-0.39, 0.29) is 12.1 Å². The fourth-order valence-corrected chi connectivity index (χ4v) is 3.87. The van der Waals surface area contributed by atoms with Crippen molar-refractivity contribution < 1.29 is 19.2 Å². The van der Waals surface area contributed by atoms with E-state index in [4.69, 9.17) is 9.72 Å². The van der Waals surface area contributed by atoms with Crippen molar-refractivity contribution >= 4 is 39.8 Å². The van der Waals surface area contributed by atoms with Crippen molar-refractivity contribution in [2.45, 2.75) is 33.6 Å². The first-order valence-corrected chi connectivity index (χ1v) is 10.7. The van der Waals surface area contributed by atoms with Crippen LogP contribution in [0.4, 0.5) is 11.4 Å². The molecule has 1 N–H and O–H groups in total. The average molecular weight is 461 g/mol. The second-order valence-electron chi connectivity index (χ2n) is 7.98. The highest BCUT2D eigenvalue weighted by Gasteiger charge is 2.16. The van der Waals surface area contributed by atoms with Gasteiger partial charge in [-0.05, 0) is 56.5 Å². The highest BCUT2D eigenvalue weighted by Crippen LogP contribution is 2.23. The number of nitrogens with zero attached hydrogens (tertiary/aromatic N) is 4. The van der Waals surface area contributed by atoms with E-state index >= 15 is 0 Å². The summed E-state index contributed by atoms with van der Waals surface area (Å²) in [6, 6.07) is 11.9. The highest BCUT2D eigenvalue weighted by molar-refractivity contribution is 5.94. The lowest BCUT2D eigenvalue weighted by molar-refractivity contribution is -0.384.